The van der Waals surface area contributed by atoms with Gasteiger partial charge < -0.3 is 5.32 Å². The van der Waals surface area contributed by atoms with Gasteiger partial charge in [-0.3, -0.25) is 0 Å². The van der Waals surface area contributed by atoms with E-state index < -0.39 is 17.7 Å². The normalized spacial score (nSPS) is 12.5. The Hall–Kier alpha value is -1.45. The molecule has 0 heterocycles. The molecule has 0 saturated carbocycles. The van der Waals surface area contributed by atoms with Gasteiger partial charge in [-0.05, 0) is 49.4 Å². The van der Waals surface area contributed by atoms with Crippen molar-refractivity contribution in [2.24, 2.45) is 0 Å². The number of benzene rings is 2. The van der Waals surface area contributed by atoms with Crippen LogP contribution in [-0.4, -0.2) is 7.05 Å². The average molecular weight is 282 g/mol. The molecule has 0 radical (unpaired) electrons. The molecule has 2 aromatic carbocycles. The summed E-state index contributed by atoms with van der Waals surface area (Å²) >= 11 is 5.93. The summed E-state index contributed by atoms with van der Waals surface area (Å²) in [7, 11) is 1.70. The molecule has 1 unspecified atom stereocenters. The molecular weight excluding hydrogens is 268 g/mol. The Morgan fingerprint density at radius 2 is 1.84 bits per heavy atom. The van der Waals surface area contributed by atoms with Crippen molar-refractivity contribution >= 4 is 11.6 Å². The van der Waals surface area contributed by atoms with E-state index in [0.717, 1.165) is 5.56 Å². The van der Waals surface area contributed by atoms with Crippen LogP contribution in [0.3, 0.4) is 0 Å². The molecule has 0 spiro atoms. The van der Waals surface area contributed by atoms with Gasteiger partial charge in [0.2, 0.25) is 0 Å². The molecule has 2 rings (SSSR count). The van der Waals surface area contributed by atoms with Gasteiger partial charge >= 0.3 is 0 Å². The van der Waals surface area contributed by atoms with Crippen LogP contribution in [0.1, 0.15) is 22.7 Å². The van der Waals surface area contributed by atoms with E-state index in [0.29, 0.717) is 10.6 Å². The van der Waals surface area contributed by atoms with Crippen molar-refractivity contribution in [2.45, 2.75) is 13.0 Å². The largest absolute Gasteiger partial charge is 0.309 e. The van der Waals surface area contributed by atoms with Crippen LogP contribution in [0.4, 0.5) is 8.78 Å². The highest BCUT2D eigenvalue weighted by Gasteiger charge is 2.18. The molecule has 0 aromatic heterocycles. The lowest BCUT2D eigenvalue weighted by Crippen LogP contribution is -2.19. The molecule has 1 N–H and O–H groups in total. The highest BCUT2D eigenvalue weighted by Crippen LogP contribution is 2.27. The molecule has 4 heteroatoms. The van der Waals surface area contributed by atoms with Crippen LogP contribution in [0.15, 0.2) is 36.4 Å². The minimum atomic E-state index is -0.436. The van der Waals surface area contributed by atoms with Crippen LogP contribution in [0.25, 0.3) is 0 Å². The molecule has 0 aliphatic heterocycles. The van der Waals surface area contributed by atoms with Crippen LogP contribution in [0.2, 0.25) is 5.02 Å². The lowest BCUT2D eigenvalue weighted by Gasteiger charge is -2.18. The van der Waals surface area contributed by atoms with Crippen LogP contribution in [0, 0.1) is 18.6 Å². The van der Waals surface area contributed by atoms with Gasteiger partial charge in [0.15, 0.2) is 0 Å². The van der Waals surface area contributed by atoms with Crippen molar-refractivity contribution in [3.63, 3.8) is 0 Å². The molecule has 1 nitrogen and oxygen atoms in total. The molecule has 0 amide bonds. The van der Waals surface area contributed by atoms with E-state index >= 15 is 0 Å². The lowest BCUT2D eigenvalue weighted by atomic mass is 9.97. The highest BCUT2D eigenvalue weighted by molar-refractivity contribution is 6.30. The Morgan fingerprint density at radius 3 is 2.47 bits per heavy atom. The lowest BCUT2D eigenvalue weighted by molar-refractivity contribution is 0.553. The third-order valence-electron chi connectivity index (χ3n) is 3.06. The maximum Gasteiger partial charge on any atom is 0.128 e. The summed E-state index contributed by atoms with van der Waals surface area (Å²) in [5, 5.41) is 3.54. The fourth-order valence-corrected chi connectivity index (χ4v) is 2.27. The van der Waals surface area contributed by atoms with Crippen molar-refractivity contribution in [3.05, 3.63) is 69.7 Å². The number of halogens is 3. The van der Waals surface area contributed by atoms with Gasteiger partial charge in [0.05, 0.1) is 6.04 Å². The summed E-state index contributed by atoms with van der Waals surface area (Å²) in [5.74, 6) is -0.850. The Kier molecular flexibility index (Phi) is 4.17. The zero-order valence-electron chi connectivity index (χ0n) is 10.7. The minimum absolute atomic E-state index is 0.271. The summed E-state index contributed by atoms with van der Waals surface area (Å²) in [4.78, 5) is 0. The fourth-order valence-electron chi connectivity index (χ4n) is 2.07. The number of hydrogen-bond donors (Lipinski definition) is 1. The second kappa shape index (κ2) is 5.68. The second-order valence-electron chi connectivity index (χ2n) is 4.40. The van der Waals surface area contributed by atoms with E-state index in [1.54, 1.807) is 25.2 Å². The zero-order valence-corrected chi connectivity index (χ0v) is 11.4. The predicted molar refractivity (Wildman–Crippen MR) is 73.4 cm³/mol. The summed E-state index contributed by atoms with van der Waals surface area (Å²) < 4.78 is 27.6. The third kappa shape index (κ3) is 2.94. The summed E-state index contributed by atoms with van der Waals surface area (Å²) in [5.41, 5.74) is 1.35. The van der Waals surface area contributed by atoms with E-state index in [1.807, 2.05) is 6.07 Å². The van der Waals surface area contributed by atoms with Crippen LogP contribution >= 0.6 is 11.6 Å². The van der Waals surface area contributed by atoms with Crippen molar-refractivity contribution < 1.29 is 8.78 Å². The fraction of sp³-hybridized carbons (Fsp3) is 0.200. The Balaban J connectivity index is 2.51. The topological polar surface area (TPSA) is 12.0 Å². The van der Waals surface area contributed by atoms with E-state index in [9.17, 15) is 8.78 Å². The van der Waals surface area contributed by atoms with Crippen molar-refractivity contribution in [3.8, 4) is 0 Å². The first-order chi connectivity index (χ1) is 9.02. The predicted octanol–water partition coefficient (Wildman–Crippen LogP) is 4.24. The monoisotopic (exact) mass is 281 g/mol. The Labute approximate surface area is 116 Å². The van der Waals surface area contributed by atoms with Crippen molar-refractivity contribution in [1.82, 2.24) is 5.32 Å². The van der Waals surface area contributed by atoms with Crippen molar-refractivity contribution in [2.75, 3.05) is 7.05 Å². The molecule has 19 heavy (non-hydrogen) atoms. The van der Waals surface area contributed by atoms with E-state index in [2.05, 4.69) is 5.32 Å². The van der Waals surface area contributed by atoms with Gasteiger partial charge in [0, 0.05) is 10.6 Å². The Bertz CT molecular complexity index is 599. The molecule has 0 fully saturated rings. The standard InChI is InChI=1S/C15H14ClF2N/c1-9-6-14(18)12(8-13(9)17)15(19-2)10-4-3-5-11(16)7-10/h3-8,15,19H,1-2H3. The number of hydrogen-bond acceptors (Lipinski definition) is 1. The summed E-state index contributed by atoms with van der Waals surface area (Å²) in [6.45, 7) is 1.54. The van der Waals surface area contributed by atoms with Gasteiger partial charge in [-0.1, -0.05) is 23.7 Å². The van der Waals surface area contributed by atoms with Gasteiger partial charge in [-0.15, -0.1) is 0 Å². The number of nitrogens with one attached hydrogen (secondary N) is 1. The quantitative estimate of drug-likeness (QED) is 0.887. The maximum absolute atomic E-state index is 14.0. The molecule has 0 aliphatic rings. The van der Waals surface area contributed by atoms with Crippen LogP contribution < -0.4 is 5.32 Å². The maximum atomic E-state index is 14.0. The first-order valence-electron chi connectivity index (χ1n) is 5.91. The number of aryl methyl sites for hydroxylation is 1. The van der Waals surface area contributed by atoms with Crippen LogP contribution in [-0.2, 0) is 0 Å². The first-order valence-corrected chi connectivity index (χ1v) is 6.29. The Morgan fingerprint density at radius 1 is 1.11 bits per heavy atom. The number of rotatable bonds is 3. The van der Waals surface area contributed by atoms with Crippen molar-refractivity contribution in [1.29, 1.82) is 0 Å². The molecule has 1 atom stereocenters. The average Bonchev–Trinajstić information content (AvgIpc) is 2.36. The third-order valence-corrected chi connectivity index (χ3v) is 3.29. The van der Waals surface area contributed by atoms with Gasteiger partial charge in [0.25, 0.3) is 0 Å². The second-order valence-corrected chi connectivity index (χ2v) is 4.84. The van der Waals surface area contributed by atoms with Gasteiger partial charge in [-0.2, -0.15) is 0 Å². The summed E-state index contributed by atoms with van der Waals surface area (Å²) in [6, 6.07) is 9.08. The van der Waals surface area contributed by atoms with E-state index in [1.165, 1.54) is 19.1 Å². The molecule has 0 saturated heterocycles. The smallest absolute Gasteiger partial charge is 0.128 e. The first kappa shape index (κ1) is 14.0. The van der Waals surface area contributed by atoms with E-state index in [4.69, 9.17) is 11.6 Å². The molecule has 2 aromatic rings. The van der Waals surface area contributed by atoms with Gasteiger partial charge in [0.1, 0.15) is 11.6 Å². The summed E-state index contributed by atoms with van der Waals surface area (Å²) in [6.07, 6.45) is 0. The van der Waals surface area contributed by atoms with Gasteiger partial charge in [-0.25, -0.2) is 8.78 Å². The SMILES string of the molecule is CNC(c1cccc(Cl)c1)c1cc(F)c(C)cc1F. The molecule has 0 bridgehead atoms. The minimum Gasteiger partial charge on any atom is -0.309 e. The van der Waals surface area contributed by atoms with Crippen LogP contribution in [0.5, 0.6) is 0 Å². The molecule has 0 aliphatic carbocycles. The zero-order chi connectivity index (χ0) is 14.0. The molecular formula is C15H14ClF2N. The van der Waals surface area contributed by atoms with E-state index in [-0.39, 0.29) is 5.56 Å². The highest BCUT2D eigenvalue weighted by atomic mass is 35.5. The molecule has 100 valence electrons.